The van der Waals surface area contributed by atoms with Gasteiger partial charge < -0.3 is 20.4 Å². The number of carbonyl (C=O) groups is 1. The molecule has 2 heterocycles. The van der Waals surface area contributed by atoms with E-state index < -0.39 is 0 Å². The highest BCUT2D eigenvalue weighted by molar-refractivity contribution is 5.86. The Morgan fingerprint density at radius 3 is 2.82 bits per heavy atom. The maximum absolute atomic E-state index is 11.7. The summed E-state index contributed by atoms with van der Waals surface area (Å²) in [5.41, 5.74) is 1.02. The molecular weight excluding hydrogens is 284 g/mol. The highest BCUT2D eigenvalue weighted by atomic mass is 16.3. The average Bonchev–Trinajstić information content (AvgIpc) is 3.17. The molecular formula is C14H20N6O2. The number of nitrogens with one attached hydrogen (secondary N) is 3. The second kappa shape index (κ2) is 7.87. The number of aryl methyl sites for hydroxylation is 1. The minimum atomic E-state index is -0.139. The number of guanidine groups is 1. The second-order valence-corrected chi connectivity index (χ2v) is 4.58. The molecule has 0 unspecified atom stereocenters. The summed E-state index contributed by atoms with van der Waals surface area (Å²) in [5.74, 6) is 1.13. The fraction of sp³-hybridized carbons (Fsp3) is 0.357. The van der Waals surface area contributed by atoms with Crippen LogP contribution in [0.15, 0.2) is 40.1 Å². The lowest BCUT2D eigenvalue weighted by Crippen LogP contribution is -2.42. The van der Waals surface area contributed by atoms with E-state index in [9.17, 15) is 4.79 Å². The Kier molecular flexibility index (Phi) is 5.58. The van der Waals surface area contributed by atoms with Crippen molar-refractivity contribution in [1.29, 1.82) is 0 Å². The van der Waals surface area contributed by atoms with E-state index in [0.717, 1.165) is 5.69 Å². The number of nitrogens with zero attached hydrogens (tertiary/aromatic N) is 3. The number of carbonyl (C=O) groups excluding carboxylic acids is 1. The number of amides is 1. The second-order valence-electron chi connectivity index (χ2n) is 4.58. The summed E-state index contributed by atoms with van der Waals surface area (Å²) in [6, 6.07) is 5.50. The van der Waals surface area contributed by atoms with Crippen LogP contribution in [0.3, 0.4) is 0 Å². The highest BCUT2D eigenvalue weighted by Crippen LogP contribution is 1.98. The third-order valence-corrected chi connectivity index (χ3v) is 3.04. The summed E-state index contributed by atoms with van der Waals surface area (Å²) in [7, 11) is 3.52. The third-order valence-electron chi connectivity index (χ3n) is 3.04. The Labute approximate surface area is 128 Å². The van der Waals surface area contributed by atoms with Gasteiger partial charge in [0.15, 0.2) is 5.96 Å². The lowest BCUT2D eigenvalue weighted by molar-refractivity contribution is -0.120. The predicted molar refractivity (Wildman–Crippen MR) is 82.0 cm³/mol. The van der Waals surface area contributed by atoms with E-state index in [4.69, 9.17) is 4.42 Å². The Morgan fingerprint density at radius 1 is 1.32 bits per heavy atom. The zero-order valence-corrected chi connectivity index (χ0v) is 12.7. The van der Waals surface area contributed by atoms with E-state index in [-0.39, 0.29) is 12.5 Å². The molecule has 0 aromatic carbocycles. The fourth-order valence-electron chi connectivity index (χ4n) is 1.79. The van der Waals surface area contributed by atoms with Crippen molar-refractivity contribution in [3.05, 3.63) is 42.1 Å². The number of aliphatic imine (C=N–C) groups is 1. The van der Waals surface area contributed by atoms with E-state index in [2.05, 4.69) is 26.0 Å². The Bertz CT molecular complexity index is 617. The molecule has 1 amide bonds. The first-order valence-electron chi connectivity index (χ1n) is 6.89. The molecule has 0 saturated heterocycles. The number of furan rings is 1. The smallest absolute Gasteiger partial charge is 0.239 e. The van der Waals surface area contributed by atoms with E-state index >= 15 is 0 Å². The van der Waals surface area contributed by atoms with Crippen molar-refractivity contribution < 1.29 is 9.21 Å². The van der Waals surface area contributed by atoms with Crippen LogP contribution in [0.2, 0.25) is 0 Å². The molecule has 0 radical (unpaired) electrons. The molecule has 8 nitrogen and oxygen atoms in total. The molecule has 0 spiro atoms. The molecule has 2 rings (SSSR count). The first-order valence-corrected chi connectivity index (χ1v) is 6.89. The number of hydrogen-bond donors (Lipinski definition) is 3. The van der Waals surface area contributed by atoms with Crippen molar-refractivity contribution >= 4 is 11.9 Å². The summed E-state index contributed by atoms with van der Waals surface area (Å²) in [6.07, 6.45) is 3.30. The SMILES string of the molecule is CN=C(NCC(=O)NCc1ccco1)NCc1ccnn1C. The van der Waals surface area contributed by atoms with Crippen molar-refractivity contribution in [2.75, 3.05) is 13.6 Å². The van der Waals surface area contributed by atoms with Gasteiger partial charge in [0.1, 0.15) is 5.76 Å². The monoisotopic (exact) mass is 304 g/mol. The first-order chi connectivity index (χ1) is 10.7. The van der Waals surface area contributed by atoms with Crippen molar-refractivity contribution in [2.45, 2.75) is 13.1 Å². The van der Waals surface area contributed by atoms with Crippen LogP contribution in [0.1, 0.15) is 11.5 Å². The van der Waals surface area contributed by atoms with Crippen molar-refractivity contribution in [3.63, 3.8) is 0 Å². The quantitative estimate of drug-likeness (QED) is 0.515. The Hall–Kier alpha value is -2.77. The Balaban J connectivity index is 1.69. The summed E-state index contributed by atoms with van der Waals surface area (Å²) in [4.78, 5) is 15.8. The van der Waals surface area contributed by atoms with Crippen LogP contribution in [-0.4, -0.2) is 35.2 Å². The van der Waals surface area contributed by atoms with Crippen LogP contribution in [-0.2, 0) is 24.9 Å². The van der Waals surface area contributed by atoms with Gasteiger partial charge in [-0.15, -0.1) is 0 Å². The molecule has 2 aromatic rings. The molecule has 22 heavy (non-hydrogen) atoms. The lowest BCUT2D eigenvalue weighted by atomic mass is 10.4. The van der Waals surface area contributed by atoms with Gasteiger partial charge in [0.05, 0.1) is 31.6 Å². The summed E-state index contributed by atoms with van der Waals surface area (Å²) < 4.78 is 6.92. The van der Waals surface area contributed by atoms with Gasteiger partial charge in [-0.1, -0.05) is 0 Å². The van der Waals surface area contributed by atoms with E-state index in [1.54, 1.807) is 30.3 Å². The van der Waals surface area contributed by atoms with Crippen LogP contribution in [0.25, 0.3) is 0 Å². The predicted octanol–water partition coefficient (Wildman–Crippen LogP) is -0.00550. The number of aromatic nitrogens is 2. The van der Waals surface area contributed by atoms with Crippen LogP contribution in [0.4, 0.5) is 0 Å². The van der Waals surface area contributed by atoms with E-state index in [1.165, 1.54) is 0 Å². The summed E-state index contributed by atoms with van der Waals surface area (Å²) in [6.45, 7) is 1.07. The normalized spacial score (nSPS) is 11.3. The molecule has 0 saturated carbocycles. The van der Waals surface area contributed by atoms with Gasteiger partial charge in [-0.05, 0) is 18.2 Å². The van der Waals surface area contributed by atoms with Crippen LogP contribution in [0, 0.1) is 0 Å². The minimum absolute atomic E-state index is 0.131. The van der Waals surface area contributed by atoms with Crippen molar-refractivity contribution in [3.8, 4) is 0 Å². The molecule has 8 heteroatoms. The number of hydrogen-bond acceptors (Lipinski definition) is 4. The largest absolute Gasteiger partial charge is 0.467 e. The zero-order chi connectivity index (χ0) is 15.8. The molecule has 3 N–H and O–H groups in total. The molecule has 0 fully saturated rings. The average molecular weight is 304 g/mol. The topological polar surface area (TPSA) is 96.5 Å². The van der Waals surface area contributed by atoms with Gasteiger partial charge in [-0.3, -0.25) is 14.5 Å². The van der Waals surface area contributed by atoms with Gasteiger partial charge in [-0.25, -0.2) is 0 Å². The van der Waals surface area contributed by atoms with Crippen molar-refractivity contribution in [1.82, 2.24) is 25.7 Å². The fourth-order valence-corrected chi connectivity index (χ4v) is 1.79. The van der Waals surface area contributed by atoms with Gasteiger partial charge in [0, 0.05) is 20.3 Å². The molecule has 2 aromatic heterocycles. The maximum Gasteiger partial charge on any atom is 0.239 e. The zero-order valence-electron chi connectivity index (χ0n) is 12.7. The molecule has 0 atom stereocenters. The van der Waals surface area contributed by atoms with Gasteiger partial charge in [0.2, 0.25) is 5.91 Å². The molecule has 0 bridgehead atoms. The molecule has 0 aliphatic heterocycles. The molecule has 0 aliphatic carbocycles. The van der Waals surface area contributed by atoms with Crippen LogP contribution >= 0.6 is 0 Å². The van der Waals surface area contributed by atoms with Crippen LogP contribution in [0.5, 0.6) is 0 Å². The molecule has 0 aliphatic rings. The summed E-state index contributed by atoms with van der Waals surface area (Å²) in [5, 5.41) is 12.9. The lowest BCUT2D eigenvalue weighted by Gasteiger charge is -2.11. The summed E-state index contributed by atoms with van der Waals surface area (Å²) >= 11 is 0. The van der Waals surface area contributed by atoms with Gasteiger partial charge in [0.25, 0.3) is 0 Å². The van der Waals surface area contributed by atoms with E-state index in [0.29, 0.717) is 24.8 Å². The highest BCUT2D eigenvalue weighted by Gasteiger charge is 2.05. The number of rotatable bonds is 6. The van der Waals surface area contributed by atoms with Crippen LogP contribution < -0.4 is 16.0 Å². The third kappa shape index (κ3) is 4.65. The first kappa shape index (κ1) is 15.6. The molecule has 118 valence electrons. The van der Waals surface area contributed by atoms with Gasteiger partial charge in [-0.2, -0.15) is 5.10 Å². The van der Waals surface area contributed by atoms with Gasteiger partial charge >= 0.3 is 0 Å². The minimum Gasteiger partial charge on any atom is -0.467 e. The van der Waals surface area contributed by atoms with Crippen molar-refractivity contribution in [2.24, 2.45) is 12.0 Å². The Morgan fingerprint density at radius 2 is 2.18 bits per heavy atom. The van der Waals surface area contributed by atoms with E-state index in [1.807, 2.05) is 19.2 Å². The maximum atomic E-state index is 11.7. The standard InChI is InChI=1S/C14H20N6O2/c1-15-14(17-8-11-5-6-19-20(11)2)18-10-13(21)16-9-12-4-3-7-22-12/h3-7H,8-10H2,1-2H3,(H,16,21)(H2,15,17,18).